The molecule has 0 aliphatic heterocycles. The molecule has 1 rings (SSSR count). The van der Waals surface area contributed by atoms with Crippen LogP contribution in [-0.2, 0) is 4.79 Å². The van der Waals surface area contributed by atoms with E-state index in [-0.39, 0.29) is 22.4 Å². The van der Waals surface area contributed by atoms with Gasteiger partial charge in [-0.25, -0.2) is 4.98 Å². The molecule has 19 heavy (non-hydrogen) atoms. The van der Waals surface area contributed by atoms with Crippen molar-refractivity contribution in [3.05, 3.63) is 17.3 Å². The van der Waals surface area contributed by atoms with E-state index in [1.54, 1.807) is 0 Å². The highest BCUT2D eigenvalue weighted by molar-refractivity contribution is 6.34. The molecule has 0 saturated carbocycles. The predicted molar refractivity (Wildman–Crippen MR) is 67.9 cm³/mol. The van der Waals surface area contributed by atoms with E-state index in [1.165, 1.54) is 13.1 Å². The molecule has 0 radical (unpaired) electrons. The molecule has 0 fully saturated rings. The standard InChI is InChI=1S/C10H10Cl2F3N3O/c1-18(5-10(13,14)15)8-2-7(6(12)4-16-8)17-9(19)3-11/h2,4H,3,5H2,1H3,(H,16,17,19). The molecular formula is C10H10Cl2F3N3O. The molecule has 4 nitrogen and oxygen atoms in total. The molecule has 0 aromatic carbocycles. The largest absolute Gasteiger partial charge is 0.405 e. The fourth-order valence-electron chi connectivity index (χ4n) is 1.27. The smallest absolute Gasteiger partial charge is 0.351 e. The average molecular weight is 316 g/mol. The van der Waals surface area contributed by atoms with Crippen molar-refractivity contribution in [2.24, 2.45) is 0 Å². The van der Waals surface area contributed by atoms with Gasteiger partial charge in [-0.1, -0.05) is 11.6 Å². The SMILES string of the molecule is CN(CC(F)(F)F)c1cc(NC(=O)CCl)c(Cl)cn1. The maximum Gasteiger partial charge on any atom is 0.405 e. The summed E-state index contributed by atoms with van der Waals surface area (Å²) in [6, 6.07) is 1.25. The summed E-state index contributed by atoms with van der Waals surface area (Å²) >= 11 is 11.1. The van der Waals surface area contributed by atoms with Gasteiger partial charge < -0.3 is 10.2 Å². The fraction of sp³-hybridized carbons (Fsp3) is 0.400. The number of hydrogen-bond acceptors (Lipinski definition) is 3. The number of carbonyl (C=O) groups is 1. The van der Waals surface area contributed by atoms with Gasteiger partial charge in [-0.2, -0.15) is 13.2 Å². The van der Waals surface area contributed by atoms with Crippen molar-refractivity contribution in [1.82, 2.24) is 4.98 Å². The Bertz CT molecular complexity index is 468. The molecule has 0 aliphatic rings. The topological polar surface area (TPSA) is 45.2 Å². The lowest BCUT2D eigenvalue weighted by Gasteiger charge is -2.20. The van der Waals surface area contributed by atoms with Gasteiger partial charge in [0, 0.05) is 13.1 Å². The minimum absolute atomic E-state index is 0.0339. The number of anilines is 2. The van der Waals surface area contributed by atoms with Gasteiger partial charge >= 0.3 is 6.18 Å². The van der Waals surface area contributed by atoms with Crippen LogP contribution in [0.25, 0.3) is 0 Å². The number of nitrogens with zero attached hydrogens (tertiary/aromatic N) is 2. The summed E-state index contributed by atoms with van der Waals surface area (Å²) in [5, 5.41) is 2.48. The monoisotopic (exact) mass is 315 g/mol. The second-order valence-electron chi connectivity index (χ2n) is 3.68. The normalized spacial score (nSPS) is 11.3. The quantitative estimate of drug-likeness (QED) is 0.869. The number of carbonyl (C=O) groups excluding carboxylic acids is 1. The average Bonchev–Trinajstić information content (AvgIpc) is 2.29. The Kier molecular flexibility index (Phi) is 5.25. The summed E-state index contributed by atoms with van der Waals surface area (Å²) in [4.78, 5) is 15.8. The molecule has 0 spiro atoms. The van der Waals surface area contributed by atoms with E-state index in [4.69, 9.17) is 23.2 Å². The minimum atomic E-state index is -4.35. The molecule has 106 valence electrons. The molecule has 0 saturated heterocycles. The van der Waals surface area contributed by atoms with Gasteiger partial charge in [0.05, 0.1) is 16.9 Å². The van der Waals surface area contributed by atoms with E-state index in [0.29, 0.717) is 0 Å². The lowest BCUT2D eigenvalue weighted by Crippen LogP contribution is -2.31. The molecule has 1 heterocycles. The highest BCUT2D eigenvalue weighted by atomic mass is 35.5. The van der Waals surface area contributed by atoms with Crippen molar-refractivity contribution in [1.29, 1.82) is 0 Å². The maximum atomic E-state index is 12.3. The molecule has 1 aromatic heterocycles. The van der Waals surface area contributed by atoms with Gasteiger partial charge in [-0.3, -0.25) is 4.79 Å². The van der Waals surface area contributed by atoms with Crippen LogP contribution in [0.1, 0.15) is 0 Å². The molecule has 1 amide bonds. The predicted octanol–water partition coefficient (Wildman–Crippen LogP) is 2.91. The van der Waals surface area contributed by atoms with Gasteiger partial charge in [-0.05, 0) is 0 Å². The van der Waals surface area contributed by atoms with E-state index in [1.807, 2.05) is 0 Å². The molecule has 0 unspecified atom stereocenters. The molecular weight excluding hydrogens is 306 g/mol. The third-order valence-corrected chi connectivity index (χ3v) is 2.59. The van der Waals surface area contributed by atoms with Crippen LogP contribution >= 0.6 is 23.2 Å². The Morgan fingerprint density at radius 3 is 2.68 bits per heavy atom. The summed E-state index contributed by atoms with van der Waals surface area (Å²) in [5.74, 6) is -0.766. The van der Waals surface area contributed by atoms with Gasteiger partial charge in [-0.15, -0.1) is 11.6 Å². The third kappa shape index (κ3) is 5.12. The Balaban J connectivity index is 2.92. The molecule has 9 heteroatoms. The van der Waals surface area contributed by atoms with Crippen molar-refractivity contribution >= 4 is 40.6 Å². The summed E-state index contributed by atoms with van der Waals surface area (Å²) in [7, 11) is 1.23. The van der Waals surface area contributed by atoms with Crippen LogP contribution in [-0.4, -0.2) is 36.5 Å². The second kappa shape index (κ2) is 6.29. The minimum Gasteiger partial charge on any atom is -0.351 e. The van der Waals surface area contributed by atoms with Gasteiger partial charge in [0.25, 0.3) is 0 Å². The summed E-state index contributed by atoms with van der Waals surface area (Å²) in [5.41, 5.74) is 0.159. The molecule has 1 aromatic rings. The number of aromatic nitrogens is 1. The van der Waals surface area contributed by atoms with Gasteiger partial charge in [0.2, 0.25) is 5.91 Å². The van der Waals surface area contributed by atoms with E-state index in [2.05, 4.69) is 10.3 Å². The highest BCUT2D eigenvalue weighted by Gasteiger charge is 2.30. The van der Waals surface area contributed by atoms with Crippen molar-refractivity contribution < 1.29 is 18.0 Å². The van der Waals surface area contributed by atoms with Crippen LogP contribution in [0, 0.1) is 0 Å². The molecule has 0 aliphatic carbocycles. The van der Waals surface area contributed by atoms with Crippen LogP contribution in [0.4, 0.5) is 24.7 Å². The number of alkyl halides is 4. The first kappa shape index (κ1) is 15.8. The van der Waals surface area contributed by atoms with E-state index < -0.39 is 18.6 Å². The molecule has 0 bridgehead atoms. The number of nitrogens with one attached hydrogen (secondary N) is 1. The van der Waals surface area contributed by atoms with Crippen LogP contribution in [0.15, 0.2) is 12.3 Å². The summed E-state index contributed by atoms with van der Waals surface area (Å²) < 4.78 is 36.8. The van der Waals surface area contributed by atoms with Crippen LogP contribution in [0.2, 0.25) is 5.02 Å². The zero-order valence-corrected chi connectivity index (χ0v) is 11.3. The molecule has 1 N–H and O–H groups in total. The van der Waals surface area contributed by atoms with E-state index >= 15 is 0 Å². The number of halogens is 5. The number of rotatable bonds is 4. The van der Waals surface area contributed by atoms with Gasteiger partial charge in [0.1, 0.15) is 18.2 Å². The lowest BCUT2D eigenvalue weighted by molar-refractivity contribution is -0.119. The van der Waals surface area contributed by atoms with Crippen LogP contribution < -0.4 is 10.2 Å². The summed E-state index contributed by atoms with van der Waals surface area (Å²) in [6.07, 6.45) is -3.19. The zero-order valence-electron chi connectivity index (χ0n) is 9.76. The Morgan fingerprint density at radius 2 is 2.16 bits per heavy atom. The lowest BCUT2D eigenvalue weighted by atomic mass is 10.3. The third-order valence-electron chi connectivity index (χ3n) is 2.04. The van der Waals surface area contributed by atoms with Crippen molar-refractivity contribution in [3.8, 4) is 0 Å². The first-order chi connectivity index (χ1) is 8.73. The van der Waals surface area contributed by atoms with Crippen LogP contribution in [0.3, 0.4) is 0 Å². The Labute approximate surface area is 117 Å². The zero-order chi connectivity index (χ0) is 14.6. The number of hydrogen-bond donors (Lipinski definition) is 1. The summed E-state index contributed by atoms with van der Waals surface area (Å²) in [6.45, 7) is -1.16. The second-order valence-corrected chi connectivity index (χ2v) is 4.35. The van der Waals surface area contributed by atoms with Crippen molar-refractivity contribution in [2.45, 2.75) is 6.18 Å². The maximum absolute atomic E-state index is 12.3. The van der Waals surface area contributed by atoms with E-state index in [9.17, 15) is 18.0 Å². The highest BCUT2D eigenvalue weighted by Crippen LogP contribution is 2.26. The fourth-order valence-corrected chi connectivity index (χ4v) is 1.48. The van der Waals surface area contributed by atoms with Crippen molar-refractivity contribution in [2.75, 3.05) is 29.7 Å². The van der Waals surface area contributed by atoms with Crippen molar-refractivity contribution in [3.63, 3.8) is 0 Å². The van der Waals surface area contributed by atoms with E-state index in [0.717, 1.165) is 11.1 Å². The molecule has 0 atom stereocenters. The first-order valence-electron chi connectivity index (χ1n) is 5.02. The number of pyridine rings is 1. The Hall–Kier alpha value is -1.21. The number of amides is 1. The first-order valence-corrected chi connectivity index (χ1v) is 5.93. The van der Waals surface area contributed by atoms with Crippen LogP contribution in [0.5, 0.6) is 0 Å². The Morgan fingerprint density at radius 1 is 1.53 bits per heavy atom. The van der Waals surface area contributed by atoms with Gasteiger partial charge in [0.15, 0.2) is 0 Å².